The fourth-order valence-corrected chi connectivity index (χ4v) is 2.68. The molecule has 0 radical (unpaired) electrons. The first-order valence-corrected chi connectivity index (χ1v) is 9.66. The maximum absolute atomic E-state index is 10.1. The predicted octanol–water partition coefficient (Wildman–Crippen LogP) is 3.61. The molecule has 0 atom stereocenters. The molecule has 2 aromatic carbocycles. The number of benzene rings is 2. The Labute approximate surface area is 195 Å². The van der Waals surface area contributed by atoms with E-state index in [-0.39, 0.29) is 29.7 Å². The fourth-order valence-electron chi connectivity index (χ4n) is 2.68. The molecule has 0 amide bonds. The molecule has 3 N–H and O–H groups in total. The molecule has 2 rings (SSSR count). The van der Waals surface area contributed by atoms with Gasteiger partial charge in [-0.3, -0.25) is 0 Å². The third-order valence-corrected chi connectivity index (χ3v) is 4.25. The summed E-state index contributed by atoms with van der Waals surface area (Å²) in [6.07, 6.45) is 0. The second-order valence-electron chi connectivity index (χ2n) is 6.50. The van der Waals surface area contributed by atoms with Gasteiger partial charge in [0.1, 0.15) is 23.9 Å². The van der Waals surface area contributed by atoms with E-state index in [4.69, 9.17) is 14.2 Å². The van der Waals surface area contributed by atoms with Gasteiger partial charge in [-0.25, -0.2) is 4.99 Å². The number of hydrogen-bond donors (Lipinski definition) is 3. The van der Waals surface area contributed by atoms with E-state index in [1.807, 2.05) is 26.0 Å². The third kappa shape index (κ3) is 8.27. The minimum absolute atomic E-state index is 0. The molecule has 7 nitrogen and oxygen atoms in total. The van der Waals surface area contributed by atoms with Crippen molar-refractivity contribution in [2.75, 3.05) is 34.0 Å². The lowest BCUT2D eigenvalue weighted by molar-refractivity contribution is 0.145. The number of nitrogens with one attached hydrogen (secondary N) is 2. The van der Waals surface area contributed by atoms with Crippen LogP contribution >= 0.6 is 24.0 Å². The molecule has 0 aliphatic heterocycles. The molecule has 0 bridgehead atoms. The highest BCUT2D eigenvalue weighted by Gasteiger charge is 2.07. The number of ether oxygens (including phenoxy) is 3. The minimum Gasteiger partial charge on any atom is -0.508 e. The number of methoxy groups -OCH3 is 2. The molecule has 0 aliphatic carbocycles. The Morgan fingerprint density at radius 3 is 2.53 bits per heavy atom. The number of aryl methyl sites for hydroxylation is 1. The molecule has 0 saturated carbocycles. The predicted molar refractivity (Wildman–Crippen MR) is 130 cm³/mol. The van der Waals surface area contributed by atoms with E-state index < -0.39 is 0 Å². The summed E-state index contributed by atoms with van der Waals surface area (Å²) in [6.45, 7) is 6.67. The van der Waals surface area contributed by atoms with Crippen LogP contribution in [0.15, 0.2) is 41.4 Å². The van der Waals surface area contributed by atoms with E-state index in [2.05, 4.69) is 21.7 Å². The molecule has 30 heavy (non-hydrogen) atoms. The first-order valence-electron chi connectivity index (χ1n) is 9.66. The van der Waals surface area contributed by atoms with E-state index in [1.54, 1.807) is 32.4 Å². The van der Waals surface area contributed by atoms with Gasteiger partial charge >= 0.3 is 0 Å². The Bertz CT molecular complexity index is 815. The molecular formula is C22H32IN3O4. The van der Waals surface area contributed by atoms with Crippen LogP contribution in [0, 0.1) is 6.92 Å². The Balaban J connectivity index is 0.00000450. The number of aliphatic imine (C=N–C) groups is 1. The van der Waals surface area contributed by atoms with Gasteiger partial charge in [0.2, 0.25) is 0 Å². The van der Waals surface area contributed by atoms with Crippen LogP contribution < -0.4 is 20.1 Å². The molecule has 0 unspecified atom stereocenters. The topological polar surface area (TPSA) is 84.3 Å². The van der Waals surface area contributed by atoms with Crippen molar-refractivity contribution < 1.29 is 19.3 Å². The molecule has 0 saturated heterocycles. The van der Waals surface area contributed by atoms with E-state index >= 15 is 0 Å². The van der Waals surface area contributed by atoms with Crippen molar-refractivity contribution >= 4 is 29.9 Å². The maximum Gasteiger partial charge on any atom is 0.191 e. The number of guanidine groups is 1. The highest BCUT2D eigenvalue weighted by atomic mass is 127. The summed E-state index contributed by atoms with van der Waals surface area (Å²) in [6, 6.07) is 11.2. The first-order chi connectivity index (χ1) is 14.1. The van der Waals surface area contributed by atoms with Gasteiger partial charge in [0.15, 0.2) is 5.96 Å². The van der Waals surface area contributed by atoms with Crippen LogP contribution in [0.25, 0.3) is 0 Å². The highest BCUT2D eigenvalue weighted by molar-refractivity contribution is 14.0. The van der Waals surface area contributed by atoms with Crippen molar-refractivity contribution in [3.05, 3.63) is 53.1 Å². The van der Waals surface area contributed by atoms with E-state index in [1.165, 1.54) is 0 Å². The van der Waals surface area contributed by atoms with Crippen molar-refractivity contribution in [3.8, 4) is 17.2 Å². The lowest BCUT2D eigenvalue weighted by Crippen LogP contribution is -2.36. The third-order valence-electron chi connectivity index (χ3n) is 4.25. The van der Waals surface area contributed by atoms with Gasteiger partial charge in [-0.15, -0.1) is 24.0 Å². The number of rotatable bonds is 10. The summed E-state index contributed by atoms with van der Waals surface area (Å²) < 4.78 is 16.1. The molecule has 0 spiro atoms. The van der Waals surface area contributed by atoms with Crippen LogP contribution in [0.2, 0.25) is 0 Å². The minimum atomic E-state index is 0. The summed E-state index contributed by atoms with van der Waals surface area (Å²) in [5.74, 6) is 2.36. The van der Waals surface area contributed by atoms with Gasteiger partial charge in [-0.2, -0.15) is 0 Å². The molecule has 0 fully saturated rings. The van der Waals surface area contributed by atoms with Gasteiger partial charge in [0.25, 0.3) is 0 Å². The molecule has 8 heteroatoms. The van der Waals surface area contributed by atoms with E-state index in [0.717, 1.165) is 23.4 Å². The normalized spacial score (nSPS) is 10.9. The van der Waals surface area contributed by atoms with Crippen LogP contribution in [0.3, 0.4) is 0 Å². The van der Waals surface area contributed by atoms with Crippen LogP contribution in [0.5, 0.6) is 17.2 Å². The van der Waals surface area contributed by atoms with Crippen molar-refractivity contribution in [3.63, 3.8) is 0 Å². The molecule has 0 aliphatic rings. The van der Waals surface area contributed by atoms with Crippen molar-refractivity contribution in [2.45, 2.75) is 26.9 Å². The zero-order chi connectivity index (χ0) is 21.1. The monoisotopic (exact) mass is 529 g/mol. The highest BCUT2D eigenvalue weighted by Crippen LogP contribution is 2.23. The lowest BCUT2D eigenvalue weighted by atomic mass is 10.1. The standard InChI is InChI=1S/C22H31N3O4.HI/c1-5-23-22(25-15-18-13-19(28-4)8-9-20(18)26)24-14-17-7-6-16(2)12-21(17)29-11-10-27-3;/h6-9,12-13,26H,5,10-11,14-15H2,1-4H3,(H2,23,24,25);1H. The average Bonchev–Trinajstić information content (AvgIpc) is 2.72. The Hall–Kier alpha value is -2.20. The molecule has 166 valence electrons. The van der Waals surface area contributed by atoms with Crippen LogP contribution in [0.4, 0.5) is 0 Å². The number of aromatic hydroxyl groups is 1. The smallest absolute Gasteiger partial charge is 0.191 e. The van der Waals surface area contributed by atoms with Crippen molar-refractivity contribution in [1.82, 2.24) is 10.6 Å². The molecule has 0 aromatic heterocycles. The van der Waals surface area contributed by atoms with Gasteiger partial charge in [-0.1, -0.05) is 12.1 Å². The first kappa shape index (κ1) is 25.8. The van der Waals surface area contributed by atoms with E-state index in [9.17, 15) is 5.11 Å². The summed E-state index contributed by atoms with van der Waals surface area (Å²) in [5, 5.41) is 16.6. The second kappa shape index (κ2) is 13.9. The number of halogens is 1. The Morgan fingerprint density at radius 2 is 1.83 bits per heavy atom. The zero-order valence-corrected chi connectivity index (χ0v) is 20.4. The van der Waals surface area contributed by atoms with Gasteiger partial charge in [0.05, 0.1) is 20.3 Å². The average molecular weight is 529 g/mol. The van der Waals surface area contributed by atoms with Gasteiger partial charge < -0.3 is 30.0 Å². The van der Waals surface area contributed by atoms with Crippen LogP contribution in [-0.2, 0) is 17.8 Å². The summed E-state index contributed by atoms with van der Waals surface area (Å²) in [4.78, 5) is 4.58. The van der Waals surface area contributed by atoms with Crippen LogP contribution in [-0.4, -0.2) is 45.0 Å². The quantitative estimate of drug-likeness (QED) is 0.189. The van der Waals surface area contributed by atoms with Gasteiger partial charge in [-0.05, 0) is 43.7 Å². The largest absolute Gasteiger partial charge is 0.508 e. The fraction of sp³-hybridized carbons (Fsp3) is 0.409. The SMILES string of the molecule is CCNC(=NCc1cc(OC)ccc1O)NCc1ccc(C)cc1OCCOC.I. The number of phenols is 1. The van der Waals surface area contributed by atoms with Crippen LogP contribution in [0.1, 0.15) is 23.6 Å². The van der Waals surface area contributed by atoms with Crippen molar-refractivity contribution in [2.24, 2.45) is 4.99 Å². The summed E-state index contributed by atoms with van der Waals surface area (Å²) in [5.41, 5.74) is 2.86. The molecular weight excluding hydrogens is 497 g/mol. The Morgan fingerprint density at radius 1 is 1.03 bits per heavy atom. The maximum atomic E-state index is 10.1. The number of nitrogens with zero attached hydrogens (tertiary/aromatic N) is 1. The van der Waals surface area contributed by atoms with E-state index in [0.29, 0.717) is 43.6 Å². The molecule has 2 aromatic rings. The molecule has 0 heterocycles. The lowest BCUT2D eigenvalue weighted by Gasteiger charge is -2.15. The summed E-state index contributed by atoms with van der Waals surface area (Å²) >= 11 is 0. The Kier molecular flexibility index (Phi) is 12.0. The van der Waals surface area contributed by atoms with Gasteiger partial charge in [0, 0.05) is 31.3 Å². The second-order valence-corrected chi connectivity index (χ2v) is 6.50. The zero-order valence-electron chi connectivity index (χ0n) is 18.0. The summed E-state index contributed by atoms with van der Waals surface area (Å²) in [7, 11) is 3.25. The number of phenolic OH excluding ortho intramolecular Hbond substituents is 1. The number of hydrogen-bond acceptors (Lipinski definition) is 5. The van der Waals surface area contributed by atoms with Crippen molar-refractivity contribution in [1.29, 1.82) is 0 Å².